The minimum absolute atomic E-state index is 0.0238. The number of hydrogen-bond acceptors (Lipinski definition) is 5. The average molecular weight is 337 g/mol. The van der Waals surface area contributed by atoms with E-state index in [1.807, 2.05) is 45.2 Å². The Morgan fingerprint density at radius 1 is 1.35 bits per heavy atom. The number of rotatable bonds is 5. The van der Waals surface area contributed by atoms with Gasteiger partial charge in [0.05, 0.1) is 17.8 Å². The SMILES string of the molecule is CC(=O)NCC(=Cc1csc(CO)c1)B1OC(C)(C)C(C)(C)O1. The van der Waals surface area contributed by atoms with Gasteiger partial charge in [0.25, 0.3) is 0 Å². The first-order valence-corrected chi connectivity index (χ1v) is 8.51. The predicted octanol–water partition coefficient (Wildman–Crippen LogP) is 2.39. The molecular formula is C16H24BNO4S. The molecule has 1 saturated heterocycles. The van der Waals surface area contributed by atoms with Crippen LogP contribution >= 0.6 is 11.3 Å². The molecule has 0 atom stereocenters. The van der Waals surface area contributed by atoms with Crippen molar-refractivity contribution in [1.82, 2.24) is 5.32 Å². The number of aliphatic hydroxyl groups excluding tert-OH is 1. The highest BCUT2D eigenvalue weighted by Crippen LogP contribution is 2.38. The summed E-state index contributed by atoms with van der Waals surface area (Å²) >= 11 is 1.49. The van der Waals surface area contributed by atoms with Gasteiger partial charge in [0, 0.05) is 18.3 Å². The van der Waals surface area contributed by atoms with Crippen LogP contribution in [0.3, 0.4) is 0 Å². The van der Waals surface area contributed by atoms with Gasteiger partial charge in [-0.1, -0.05) is 6.08 Å². The Kier molecular flexibility index (Phi) is 5.35. The maximum Gasteiger partial charge on any atom is 0.492 e. The molecule has 0 unspecified atom stereocenters. The number of carbonyl (C=O) groups is 1. The zero-order valence-corrected chi connectivity index (χ0v) is 15.1. The molecule has 1 aromatic heterocycles. The van der Waals surface area contributed by atoms with Gasteiger partial charge in [-0.15, -0.1) is 11.3 Å². The fourth-order valence-electron chi connectivity index (χ4n) is 2.19. The summed E-state index contributed by atoms with van der Waals surface area (Å²) in [5, 5.41) is 14.0. The maximum absolute atomic E-state index is 11.3. The molecule has 5 nitrogen and oxygen atoms in total. The molecule has 7 heteroatoms. The third-order valence-electron chi connectivity index (χ3n) is 4.28. The highest BCUT2D eigenvalue weighted by atomic mass is 32.1. The van der Waals surface area contributed by atoms with Crippen LogP contribution in [0.2, 0.25) is 0 Å². The molecule has 1 aromatic rings. The van der Waals surface area contributed by atoms with Gasteiger partial charge in [0.1, 0.15) is 0 Å². The van der Waals surface area contributed by atoms with Gasteiger partial charge in [0.15, 0.2) is 0 Å². The van der Waals surface area contributed by atoms with Crippen molar-refractivity contribution in [2.45, 2.75) is 52.4 Å². The van der Waals surface area contributed by atoms with E-state index in [9.17, 15) is 9.90 Å². The van der Waals surface area contributed by atoms with Crippen LogP contribution in [-0.4, -0.2) is 35.9 Å². The van der Waals surface area contributed by atoms with Crippen molar-refractivity contribution >= 4 is 30.4 Å². The number of carbonyl (C=O) groups excluding carboxylic acids is 1. The van der Waals surface area contributed by atoms with Crippen LogP contribution in [0.5, 0.6) is 0 Å². The molecule has 1 aliphatic rings. The van der Waals surface area contributed by atoms with E-state index in [0.29, 0.717) is 6.54 Å². The van der Waals surface area contributed by atoms with Crippen molar-refractivity contribution < 1.29 is 19.2 Å². The Bertz CT molecular complexity index is 593. The maximum atomic E-state index is 11.3. The molecule has 0 aliphatic carbocycles. The van der Waals surface area contributed by atoms with Gasteiger partial charge >= 0.3 is 7.12 Å². The first kappa shape index (κ1) is 18.2. The normalized spacial score (nSPS) is 19.9. The van der Waals surface area contributed by atoms with Crippen LogP contribution in [0.25, 0.3) is 6.08 Å². The minimum atomic E-state index is -0.510. The molecule has 23 heavy (non-hydrogen) atoms. The van der Waals surface area contributed by atoms with Gasteiger partial charge in [-0.2, -0.15) is 0 Å². The molecule has 2 N–H and O–H groups in total. The molecule has 126 valence electrons. The second-order valence-corrected chi connectivity index (χ2v) is 7.72. The lowest BCUT2D eigenvalue weighted by Gasteiger charge is -2.32. The summed E-state index contributed by atoms with van der Waals surface area (Å²) < 4.78 is 12.2. The quantitative estimate of drug-likeness (QED) is 0.810. The number of thiophene rings is 1. The fourth-order valence-corrected chi connectivity index (χ4v) is 2.90. The van der Waals surface area contributed by atoms with Gasteiger partial charge in [-0.25, -0.2) is 0 Å². The van der Waals surface area contributed by atoms with E-state index < -0.39 is 18.3 Å². The Labute approximate surface area is 141 Å². The lowest BCUT2D eigenvalue weighted by Crippen LogP contribution is -2.41. The second kappa shape index (κ2) is 6.77. The fraction of sp³-hybridized carbons (Fsp3) is 0.562. The standard InChI is InChI=1S/C16H24BNO4S/c1-11(20)18-8-13(6-12-7-14(9-19)23-10-12)17-21-15(2,3)16(4,5)22-17/h6-7,10,19H,8-9H2,1-5H3,(H,18,20). The topological polar surface area (TPSA) is 67.8 Å². The smallest absolute Gasteiger partial charge is 0.400 e. The summed E-state index contributed by atoms with van der Waals surface area (Å²) in [6, 6.07) is 1.92. The van der Waals surface area contributed by atoms with Crippen LogP contribution in [-0.2, 0) is 20.7 Å². The van der Waals surface area contributed by atoms with E-state index in [1.54, 1.807) is 0 Å². The number of amides is 1. The monoisotopic (exact) mass is 337 g/mol. The first-order chi connectivity index (χ1) is 10.6. The molecule has 0 radical (unpaired) electrons. The van der Waals surface area contributed by atoms with E-state index in [4.69, 9.17) is 9.31 Å². The molecule has 1 amide bonds. The molecule has 0 spiro atoms. The van der Waals surface area contributed by atoms with E-state index in [1.165, 1.54) is 18.3 Å². The van der Waals surface area contributed by atoms with Gasteiger partial charge in [0.2, 0.25) is 5.91 Å². The highest BCUT2D eigenvalue weighted by Gasteiger charge is 2.52. The molecular weight excluding hydrogens is 313 g/mol. The van der Waals surface area contributed by atoms with Gasteiger partial charge in [-0.05, 0) is 50.2 Å². The van der Waals surface area contributed by atoms with Gasteiger partial charge in [-0.3, -0.25) is 4.79 Å². The summed E-state index contributed by atoms with van der Waals surface area (Å²) in [6.07, 6.45) is 1.95. The van der Waals surface area contributed by atoms with Gasteiger partial charge < -0.3 is 19.7 Å². The lowest BCUT2D eigenvalue weighted by atomic mass is 9.77. The number of aliphatic hydroxyl groups is 1. The third-order valence-corrected chi connectivity index (χ3v) is 5.22. The van der Waals surface area contributed by atoms with Crippen molar-refractivity contribution in [2.75, 3.05) is 6.54 Å². The molecule has 1 aliphatic heterocycles. The average Bonchev–Trinajstić information content (AvgIpc) is 2.97. The van der Waals surface area contributed by atoms with E-state index in [-0.39, 0.29) is 12.5 Å². The van der Waals surface area contributed by atoms with Crippen molar-refractivity contribution in [1.29, 1.82) is 0 Å². The molecule has 2 rings (SSSR count). The first-order valence-electron chi connectivity index (χ1n) is 7.63. The Hall–Kier alpha value is -1.15. The number of hydrogen-bond donors (Lipinski definition) is 2. The van der Waals surface area contributed by atoms with Crippen molar-refractivity contribution in [3.63, 3.8) is 0 Å². The zero-order valence-electron chi connectivity index (χ0n) is 14.3. The summed E-state index contributed by atoms with van der Waals surface area (Å²) in [4.78, 5) is 12.2. The zero-order chi connectivity index (χ0) is 17.3. The van der Waals surface area contributed by atoms with Crippen molar-refractivity contribution in [3.8, 4) is 0 Å². The summed E-state index contributed by atoms with van der Waals surface area (Å²) in [5.74, 6) is -0.103. The van der Waals surface area contributed by atoms with Crippen LogP contribution in [0, 0.1) is 0 Å². The summed E-state index contributed by atoms with van der Waals surface area (Å²) in [5.41, 5.74) is 0.950. The lowest BCUT2D eigenvalue weighted by molar-refractivity contribution is -0.118. The number of nitrogens with one attached hydrogen (secondary N) is 1. The third kappa shape index (κ3) is 4.23. The summed E-state index contributed by atoms with van der Waals surface area (Å²) in [7, 11) is -0.510. The van der Waals surface area contributed by atoms with E-state index in [0.717, 1.165) is 15.9 Å². The minimum Gasteiger partial charge on any atom is -0.400 e. The van der Waals surface area contributed by atoms with Crippen molar-refractivity contribution in [2.24, 2.45) is 0 Å². The van der Waals surface area contributed by atoms with Crippen LogP contribution < -0.4 is 5.32 Å². The Morgan fingerprint density at radius 3 is 2.43 bits per heavy atom. The Balaban J connectivity index is 2.26. The largest absolute Gasteiger partial charge is 0.492 e. The van der Waals surface area contributed by atoms with E-state index >= 15 is 0 Å². The highest BCUT2D eigenvalue weighted by molar-refractivity contribution is 7.10. The molecule has 2 heterocycles. The molecule has 0 saturated carbocycles. The summed E-state index contributed by atoms with van der Waals surface area (Å²) in [6.45, 7) is 9.85. The van der Waals surface area contributed by atoms with Crippen molar-refractivity contribution in [3.05, 3.63) is 27.4 Å². The second-order valence-electron chi connectivity index (χ2n) is 6.72. The van der Waals surface area contributed by atoms with Crippen LogP contribution in [0.4, 0.5) is 0 Å². The molecule has 1 fully saturated rings. The van der Waals surface area contributed by atoms with Crippen LogP contribution in [0.15, 0.2) is 16.9 Å². The van der Waals surface area contributed by atoms with Crippen LogP contribution in [0.1, 0.15) is 45.1 Å². The molecule has 0 aromatic carbocycles. The Morgan fingerprint density at radius 2 is 1.96 bits per heavy atom. The molecule has 0 bridgehead atoms. The predicted molar refractivity (Wildman–Crippen MR) is 93.0 cm³/mol. The van der Waals surface area contributed by atoms with E-state index in [2.05, 4.69) is 5.32 Å².